The van der Waals surface area contributed by atoms with Crippen LogP contribution in [0.5, 0.6) is 0 Å². The topological polar surface area (TPSA) is 57.8 Å². The molecule has 4 nitrogen and oxygen atoms in total. The molecule has 0 atom stereocenters. The van der Waals surface area contributed by atoms with Gasteiger partial charge in [0.05, 0.1) is 0 Å². The maximum absolute atomic E-state index is 13.0. The van der Waals surface area contributed by atoms with Gasteiger partial charge in [-0.3, -0.25) is 4.79 Å². The van der Waals surface area contributed by atoms with Gasteiger partial charge in [-0.15, -0.1) is 0 Å². The molecule has 0 aliphatic heterocycles. The van der Waals surface area contributed by atoms with Gasteiger partial charge >= 0.3 is 0 Å². The number of halogens is 1. The summed E-state index contributed by atoms with van der Waals surface area (Å²) in [6.45, 7) is 1.94. The molecule has 3 aromatic rings. The number of nitrogens with zero attached hydrogens (tertiary/aromatic N) is 2. The fourth-order valence-corrected chi connectivity index (χ4v) is 2.76. The number of carbonyl (C=O) groups excluding carboxylic acids is 1. The summed E-state index contributed by atoms with van der Waals surface area (Å²) in [5.74, 6) is -0.915. The van der Waals surface area contributed by atoms with Crippen LogP contribution < -0.4 is 5.32 Å². The zero-order chi connectivity index (χ0) is 18.0. The first-order valence-corrected chi connectivity index (χ1v) is 7.74. The van der Waals surface area contributed by atoms with E-state index in [1.807, 2.05) is 48.9 Å². The third kappa shape index (κ3) is 3.15. The van der Waals surface area contributed by atoms with Crippen molar-refractivity contribution in [3.05, 3.63) is 71.2 Å². The molecule has 1 aromatic heterocycles. The van der Waals surface area contributed by atoms with Gasteiger partial charge in [-0.25, -0.2) is 4.39 Å². The Labute approximate surface area is 144 Å². The van der Waals surface area contributed by atoms with Crippen LogP contribution in [-0.4, -0.2) is 10.5 Å². The second kappa shape index (κ2) is 6.62. The number of para-hydroxylation sites is 1. The van der Waals surface area contributed by atoms with Crippen LogP contribution in [0.15, 0.2) is 54.1 Å². The van der Waals surface area contributed by atoms with E-state index >= 15 is 0 Å². The Morgan fingerprint density at radius 3 is 2.56 bits per heavy atom. The quantitative estimate of drug-likeness (QED) is 0.578. The molecule has 0 bridgehead atoms. The zero-order valence-electron chi connectivity index (χ0n) is 13.9. The lowest BCUT2D eigenvalue weighted by atomic mass is 10.1. The van der Waals surface area contributed by atoms with Gasteiger partial charge in [-0.2, -0.15) is 5.26 Å². The first-order valence-electron chi connectivity index (χ1n) is 7.74. The monoisotopic (exact) mass is 333 g/mol. The number of nitrogens with one attached hydrogen (secondary N) is 1. The van der Waals surface area contributed by atoms with Crippen molar-refractivity contribution in [1.29, 1.82) is 5.26 Å². The average Bonchev–Trinajstić information content (AvgIpc) is 2.86. The van der Waals surface area contributed by atoms with E-state index in [1.54, 1.807) is 6.08 Å². The fourth-order valence-electron chi connectivity index (χ4n) is 2.76. The third-order valence-corrected chi connectivity index (χ3v) is 4.20. The van der Waals surface area contributed by atoms with Crippen molar-refractivity contribution in [2.24, 2.45) is 7.05 Å². The van der Waals surface area contributed by atoms with Crippen LogP contribution in [0.1, 0.15) is 11.3 Å². The lowest BCUT2D eigenvalue weighted by molar-refractivity contribution is -0.112. The standard InChI is InChI=1S/C20H16FN3O/c1-13-18(17-5-3-4-6-19(17)24(13)2)11-14(12-22)20(25)23-16-9-7-15(21)8-10-16/h3-11H,1-2H3,(H,23,25)/b14-11+. The van der Waals surface area contributed by atoms with E-state index in [0.29, 0.717) is 5.69 Å². The fraction of sp³-hybridized carbons (Fsp3) is 0.100. The lowest BCUT2D eigenvalue weighted by Crippen LogP contribution is -2.13. The smallest absolute Gasteiger partial charge is 0.266 e. The highest BCUT2D eigenvalue weighted by Gasteiger charge is 2.14. The van der Waals surface area contributed by atoms with Crippen LogP contribution in [0.3, 0.4) is 0 Å². The van der Waals surface area contributed by atoms with Crippen molar-refractivity contribution >= 4 is 28.6 Å². The molecule has 0 fully saturated rings. The van der Waals surface area contributed by atoms with E-state index in [-0.39, 0.29) is 11.4 Å². The maximum atomic E-state index is 13.0. The first kappa shape index (κ1) is 16.5. The van der Waals surface area contributed by atoms with Crippen molar-refractivity contribution in [3.8, 4) is 6.07 Å². The lowest BCUT2D eigenvalue weighted by Gasteiger charge is -2.04. The molecule has 0 saturated carbocycles. The van der Waals surface area contributed by atoms with Crippen LogP contribution in [-0.2, 0) is 11.8 Å². The summed E-state index contributed by atoms with van der Waals surface area (Å²) in [7, 11) is 1.94. The van der Waals surface area contributed by atoms with Gasteiger partial charge in [0.1, 0.15) is 17.5 Å². The molecular formula is C20H16FN3O. The SMILES string of the molecule is Cc1c(/C=C(\C#N)C(=O)Nc2ccc(F)cc2)c2ccccc2n1C. The predicted molar refractivity (Wildman–Crippen MR) is 96.3 cm³/mol. The molecule has 1 amide bonds. The summed E-state index contributed by atoms with van der Waals surface area (Å²) >= 11 is 0. The van der Waals surface area contributed by atoms with Gasteiger partial charge in [0.25, 0.3) is 5.91 Å². The number of hydrogen-bond donors (Lipinski definition) is 1. The molecular weight excluding hydrogens is 317 g/mol. The number of aromatic nitrogens is 1. The minimum atomic E-state index is -0.526. The van der Waals surface area contributed by atoms with Crippen molar-refractivity contribution in [3.63, 3.8) is 0 Å². The Morgan fingerprint density at radius 2 is 1.88 bits per heavy atom. The Balaban J connectivity index is 1.98. The van der Waals surface area contributed by atoms with E-state index < -0.39 is 5.91 Å². The van der Waals surface area contributed by atoms with E-state index in [0.717, 1.165) is 22.2 Å². The molecule has 0 aliphatic rings. The van der Waals surface area contributed by atoms with Crippen LogP contribution in [0.4, 0.5) is 10.1 Å². The first-order chi connectivity index (χ1) is 12.0. The molecule has 1 N–H and O–H groups in total. The summed E-state index contributed by atoms with van der Waals surface area (Å²) < 4.78 is 15.0. The number of aryl methyl sites for hydroxylation is 1. The van der Waals surface area contributed by atoms with Crippen molar-refractivity contribution in [2.75, 3.05) is 5.32 Å². The van der Waals surface area contributed by atoms with Crippen LogP contribution in [0, 0.1) is 24.1 Å². The number of nitriles is 1. The zero-order valence-corrected chi connectivity index (χ0v) is 13.9. The molecule has 0 saturated heterocycles. The van der Waals surface area contributed by atoms with Crippen molar-refractivity contribution in [2.45, 2.75) is 6.92 Å². The summed E-state index contributed by atoms with van der Waals surface area (Å²) in [5.41, 5.74) is 3.25. The van der Waals surface area contributed by atoms with Gasteiger partial charge < -0.3 is 9.88 Å². The van der Waals surface area contributed by atoms with Gasteiger partial charge in [0.2, 0.25) is 0 Å². The molecule has 3 rings (SSSR count). The maximum Gasteiger partial charge on any atom is 0.266 e. The minimum absolute atomic E-state index is 0.0104. The van der Waals surface area contributed by atoms with Crippen molar-refractivity contribution in [1.82, 2.24) is 4.57 Å². The molecule has 5 heteroatoms. The largest absolute Gasteiger partial charge is 0.347 e. The number of anilines is 1. The molecule has 25 heavy (non-hydrogen) atoms. The molecule has 1 heterocycles. The predicted octanol–water partition coefficient (Wildman–Crippen LogP) is 4.17. The van der Waals surface area contributed by atoms with Crippen LogP contribution in [0.2, 0.25) is 0 Å². The molecule has 0 aliphatic carbocycles. The number of benzene rings is 2. The Morgan fingerprint density at radius 1 is 1.20 bits per heavy atom. The highest BCUT2D eigenvalue weighted by molar-refractivity contribution is 6.11. The average molecular weight is 333 g/mol. The second-order valence-electron chi connectivity index (χ2n) is 5.71. The third-order valence-electron chi connectivity index (χ3n) is 4.20. The Hall–Kier alpha value is -3.39. The highest BCUT2D eigenvalue weighted by atomic mass is 19.1. The molecule has 124 valence electrons. The Kier molecular flexibility index (Phi) is 4.36. The number of fused-ring (bicyclic) bond motifs is 1. The van der Waals surface area contributed by atoms with Gasteiger partial charge in [0.15, 0.2) is 0 Å². The Bertz CT molecular complexity index is 1020. The minimum Gasteiger partial charge on any atom is -0.347 e. The van der Waals surface area contributed by atoms with Crippen molar-refractivity contribution < 1.29 is 9.18 Å². The number of amides is 1. The number of hydrogen-bond acceptors (Lipinski definition) is 2. The van der Waals surface area contributed by atoms with Gasteiger partial charge in [-0.1, -0.05) is 18.2 Å². The van der Waals surface area contributed by atoms with E-state index in [1.165, 1.54) is 24.3 Å². The molecule has 2 aromatic carbocycles. The molecule has 0 spiro atoms. The summed E-state index contributed by atoms with van der Waals surface area (Å²) in [4.78, 5) is 12.4. The summed E-state index contributed by atoms with van der Waals surface area (Å²) in [5, 5.41) is 13.0. The number of rotatable bonds is 3. The summed E-state index contributed by atoms with van der Waals surface area (Å²) in [6.07, 6.45) is 1.59. The van der Waals surface area contributed by atoms with Gasteiger partial charge in [0, 0.05) is 34.9 Å². The van der Waals surface area contributed by atoms with Gasteiger partial charge in [-0.05, 0) is 43.3 Å². The van der Waals surface area contributed by atoms with Crippen LogP contribution in [0.25, 0.3) is 17.0 Å². The summed E-state index contributed by atoms with van der Waals surface area (Å²) in [6, 6.07) is 15.2. The highest BCUT2D eigenvalue weighted by Crippen LogP contribution is 2.27. The normalized spacial score (nSPS) is 11.4. The molecule has 0 unspecified atom stereocenters. The number of carbonyl (C=O) groups is 1. The van der Waals surface area contributed by atoms with Crippen LogP contribution >= 0.6 is 0 Å². The van der Waals surface area contributed by atoms with E-state index in [4.69, 9.17) is 0 Å². The van der Waals surface area contributed by atoms with E-state index in [2.05, 4.69) is 5.32 Å². The molecule has 0 radical (unpaired) electrons. The van der Waals surface area contributed by atoms with E-state index in [9.17, 15) is 14.4 Å². The second-order valence-corrected chi connectivity index (χ2v) is 5.71.